The number of aromatic nitrogens is 1. The Balaban J connectivity index is 2.27. The minimum absolute atomic E-state index is 0.0465. The molecular weight excluding hydrogens is 256 g/mol. The van der Waals surface area contributed by atoms with Crippen molar-refractivity contribution in [3.8, 4) is 6.07 Å². The average molecular weight is 274 g/mol. The molecule has 0 saturated heterocycles. The summed E-state index contributed by atoms with van der Waals surface area (Å²) in [6, 6.07) is 3.40. The summed E-state index contributed by atoms with van der Waals surface area (Å²) in [6.45, 7) is 4.33. The first-order valence-electron chi connectivity index (χ1n) is 6.88. The van der Waals surface area contributed by atoms with Crippen molar-refractivity contribution in [1.82, 2.24) is 4.98 Å². The maximum absolute atomic E-state index is 11.2. The Morgan fingerprint density at radius 1 is 1.60 bits per heavy atom. The van der Waals surface area contributed by atoms with E-state index in [4.69, 9.17) is 5.26 Å². The lowest BCUT2D eigenvalue weighted by Gasteiger charge is -2.21. The van der Waals surface area contributed by atoms with Gasteiger partial charge >= 0.3 is 5.69 Å². The van der Waals surface area contributed by atoms with Crippen molar-refractivity contribution < 1.29 is 4.92 Å². The van der Waals surface area contributed by atoms with E-state index in [9.17, 15) is 10.1 Å². The predicted octanol–water partition coefficient (Wildman–Crippen LogP) is 3.10. The van der Waals surface area contributed by atoms with E-state index in [0.29, 0.717) is 11.8 Å². The van der Waals surface area contributed by atoms with Crippen molar-refractivity contribution in [2.45, 2.75) is 39.2 Å². The van der Waals surface area contributed by atoms with E-state index < -0.39 is 4.92 Å². The molecule has 1 aliphatic carbocycles. The Labute approximate surface area is 118 Å². The molecule has 0 radical (unpaired) electrons. The zero-order chi connectivity index (χ0) is 14.7. The SMILES string of the molecule is CCC1CCC(Nc2nccc(C#N)c2[N+](=O)[O-])C1C. The molecule has 1 aromatic heterocycles. The number of nitrogens with zero attached hydrogens (tertiary/aromatic N) is 3. The summed E-state index contributed by atoms with van der Waals surface area (Å²) in [6.07, 6.45) is 4.66. The van der Waals surface area contributed by atoms with Gasteiger partial charge < -0.3 is 5.32 Å². The summed E-state index contributed by atoms with van der Waals surface area (Å²) in [7, 11) is 0. The highest BCUT2D eigenvalue weighted by Crippen LogP contribution is 2.37. The number of anilines is 1. The number of nitrogens with one attached hydrogen (secondary N) is 1. The third-order valence-corrected chi connectivity index (χ3v) is 4.30. The van der Waals surface area contributed by atoms with Gasteiger partial charge in [-0.2, -0.15) is 5.26 Å². The molecule has 0 amide bonds. The van der Waals surface area contributed by atoms with Crippen LogP contribution in [0.25, 0.3) is 0 Å². The second-order valence-corrected chi connectivity index (χ2v) is 5.28. The van der Waals surface area contributed by atoms with Crippen LogP contribution in [0, 0.1) is 33.3 Å². The molecule has 3 unspecified atom stereocenters. The molecule has 1 saturated carbocycles. The van der Waals surface area contributed by atoms with Gasteiger partial charge in [0.25, 0.3) is 0 Å². The quantitative estimate of drug-likeness (QED) is 0.672. The molecular formula is C14H18N4O2. The first-order valence-corrected chi connectivity index (χ1v) is 6.88. The third kappa shape index (κ3) is 2.57. The van der Waals surface area contributed by atoms with Crippen LogP contribution >= 0.6 is 0 Å². The number of rotatable bonds is 4. The molecule has 0 aliphatic heterocycles. The monoisotopic (exact) mass is 274 g/mol. The Kier molecular flexibility index (Phi) is 4.18. The molecule has 1 heterocycles. The molecule has 6 nitrogen and oxygen atoms in total. The summed E-state index contributed by atoms with van der Waals surface area (Å²) < 4.78 is 0. The summed E-state index contributed by atoms with van der Waals surface area (Å²) in [5, 5.41) is 23.3. The van der Waals surface area contributed by atoms with Crippen LogP contribution in [-0.2, 0) is 0 Å². The first kappa shape index (κ1) is 14.3. The van der Waals surface area contributed by atoms with Gasteiger partial charge in [0.05, 0.1) is 4.92 Å². The molecule has 6 heteroatoms. The van der Waals surface area contributed by atoms with Crippen molar-refractivity contribution in [2.24, 2.45) is 11.8 Å². The average Bonchev–Trinajstić information content (AvgIpc) is 2.79. The van der Waals surface area contributed by atoms with Crippen LogP contribution in [0.3, 0.4) is 0 Å². The van der Waals surface area contributed by atoms with Crippen molar-refractivity contribution in [3.05, 3.63) is 27.9 Å². The molecule has 106 valence electrons. The summed E-state index contributed by atoms with van der Waals surface area (Å²) in [4.78, 5) is 14.7. The number of nitriles is 1. The van der Waals surface area contributed by atoms with Gasteiger partial charge in [0.15, 0.2) is 0 Å². The topological polar surface area (TPSA) is 91.8 Å². The van der Waals surface area contributed by atoms with Crippen LogP contribution in [0.4, 0.5) is 11.5 Å². The Hall–Kier alpha value is -2.16. The minimum Gasteiger partial charge on any atom is -0.361 e. The summed E-state index contributed by atoms with van der Waals surface area (Å²) in [5.74, 6) is 1.31. The summed E-state index contributed by atoms with van der Waals surface area (Å²) in [5.41, 5.74) is -0.174. The fraction of sp³-hybridized carbons (Fsp3) is 0.571. The van der Waals surface area contributed by atoms with Gasteiger partial charge in [-0.3, -0.25) is 10.1 Å². The molecule has 0 spiro atoms. The zero-order valence-electron chi connectivity index (χ0n) is 11.7. The molecule has 0 bridgehead atoms. The predicted molar refractivity (Wildman–Crippen MR) is 75.2 cm³/mol. The molecule has 3 atom stereocenters. The van der Waals surface area contributed by atoms with Crippen LogP contribution in [0.1, 0.15) is 38.7 Å². The van der Waals surface area contributed by atoms with E-state index in [-0.39, 0.29) is 23.1 Å². The van der Waals surface area contributed by atoms with Gasteiger partial charge in [-0.1, -0.05) is 20.3 Å². The minimum atomic E-state index is -0.537. The second-order valence-electron chi connectivity index (χ2n) is 5.28. The third-order valence-electron chi connectivity index (χ3n) is 4.30. The highest BCUT2D eigenvalue weighted by Gasteiger charge is 2.33. The van der Waals surface area contributed by atoms with Gasteiger partial charge in [-0.15, -0.1) is 0 Å². The van der Waals surface area contributed by atoms with E-state index in [1.165, 1.54) is 12.3 Å². The standard InChI is InChI=1S/C14H18N4O2/c1-3-10-4-5-12(9(10)2)17-14-13(18(19)20)11(8-15)6-7-16-14/h6-7,9-10,12H,3-5H2,1-2H3,(H,16,17). The normalized spacial score (nSPS) is 25.1. The maximum atomic E-state index is 11.2. The molecule has 1 aromatic rings. The molecule has 2 rings (SSSR count). The van der Waals surface area contributed by atoms with Gasteiger partial charge in [0, 0.05) is 12.2 Å². The van der Waals surface area contributed by atoms with Crippen molar-refractivity contribution in [3.63, 3.8) is 0 Å². The van der Waals surface area contributed by atoms with Crippen molar-refractivity contribution >= 4 is 11.5 Å². The van der Waals surface area contributed by atoms with E-state index in [1.54, 1.807) is 0 Å². The lowest BCUT2D eigenvalue weighted by molar-refractivity contribution is -0.384. The molecule has 0 aromatic carbocycles. The zero-order valence-corrected chi connectivity index (χ0v) is 11.7. The second kappa shape index (κ2) is 5.87. The lowest BCUT2D eigenvalue weighted by Crippen LogP contribution is -2.25. The molecule has 1 N–H and O–H groups in total. The highest BCUT2D eigenvalue weighted by atomic mass is 16.6. The largest absolute Gasteiger partial charge is 0.361 e. The molecule has 1 aliphatic rings. The molecule has 20 heavy (non-hydrogen) atoms. The van der Waals surface area contributed by atoms with E-state index in [0.717, 1.165) is 19.3 Å². The van der Waals surface area contributed by atoms with E-state index in [2.05, 4.69) is 24.1 Å². The van der Waals surface area contributed by atoms with Crippen molar-refractivity contribution in [1.29, 1.82) is 5.26 Å². The van der Waals surface area contributed by atoms with E-state index >= 15 is 0 Å². The van der Waals surface area contributed by atoms with E-state index in [1.807, 2.05) is 6.07 Å². The number of pyridine rings is 1. The molecule has 1 fully saturated rings. The van der Waals surface area contributed by atoms with Crippen LogP contribution in [0.2, 0.25) is 0 Å². The maximum Gasteiger partial charge on any atom is 0.328 e. The first-order chi connectivity index (χ1) is 9.58. The number of nitro groups is 1. The summed E-state index contributed by atoms with van der Waals surface area (Å²) >= 11 is 0. The lowest BCUT2D eigenvalue weighted by atomic mass is 9.93. The smallest absolute Gasteiger partial charge is 0.328 e. The fourth-order valence-electron chi connectivity index (χ4n) is 3.04. The van der Waals surface area contributed by atoms with Crippen LogP contribution in [0.5, 0.6) is 0 Å². The Morgan fingerprint density at radius 3 is 2.90 bits per heavy atom. The number of hydrogen-bond acceptors (Lipinski definition) is 5. The van der Waals surface area contributed by atoms with Gasteiger partial charge in [-0.25, -0.2) is 4.98 Å². The Bertz CT molecular complexity index is 553. The van der Waals surface area contributed by atoms with Crippen LogP contribution in [-0.4, -0.2) is 15.9 Å². The number of hydrogen-bond donors (Lipinski definition) is 1. The fourth-order valence-corrected chi connectivity index (χ4v) is 3.04. The van der Waals surface area contributed by atoms with Gasteiger partial charge in [0.1, 0.15) is 11.6 Å². The highest BCUT2D eigenvalue weighted by molar-refractivity contribution is 5.64. The van der Waals surface area contributed by atoms with Crippen molar-refractivity contribution in [2.75, 3.05) is 5.32 Å². The van der Waals surface area contributed by atoms with Gasteiger partial charge in [-0.05, 0) is 30.7 Å². The van der Waals surface area contributed by atoms with Crippen LogP contribution in [0.15, 0.2) is 12.3 Å². The Morgan fingerprint density at radius 2 is 2.35 bits per heavy atom. The van der Waals surface area contributed by atoms with Gasteiger partial charge in [0.2, 0.25) is 5.82 Å². The van der Waals surface area contributed by atoms with Crippen LogP contribution < -0.4 is 5.32 Å².